The molecule has 41 heavy (non-hydrogen) atoms. The molecule has 0 N–H and O–H groups in total. The van der Waals surface area contributed by atoms with Crippen LogP contribution in [0.3, 0.4) is 0 Å². The van der Waals surface area contributed by atoms with Crippen LogP contribution < -0.4 is 0 Å². The SMILES string of the molecule is CCCCCCCCCCCCCCCCN(CCCCCCCCCCCCCC)Cc1cccc(C)c1C.Cl. The fourth-order valence-electron chi connectivity index (χ4n) is 6.20. The van der Waals surface area contributed by atoms with Crippen molar-refractivity contribution < 1.29 is 0 Å². The van der Waals surface area contributed by atoms with E-state index in [1.807, 2.05) is 0 Å². The predicted octanol–water partition coefficient (Wildman–Crippen LogP) is 13.7. The lowest BCUT2D eigenvalue weighted by atomic mass is 10.0. The molecule has 0 radical (unpaired) electrons. The third kappa shape index (κ3) is 24.6. The number of hydrogen-bond donors (Lipinski definition) is 0. The largest absolute Gasteiger partial charge is 0.299 e. The van der Waals surface area contributed by atoms with E-state index in [0.717, 1.165) is 6.54 Å². The van der Waals surface area contributed by atoms with E-state index in [9.17, 15) is 0 Å². The Morgan fingerprint density at radius 2 is 0.756 bits per heavy atom. The average molecular weight is 592 g/mol. The van der Waals surface area contributed by atoms with Crippen molar-refractivity contribution in [1.82, 2.24) is 4.90 Å². The lowest BCUT2D eigenvalue weighted by Crippen LogP contribution is -2.26. The first-order valence-electron chi connectivity index (χ1n) is 18.5. The summed E-state index contributed by atoms with van der Waals surface area (Å²) in [5, 5.41) is 0. The van der Waals surface area contributed by atoms with Crippen LogP contribution in [0.2, 0.25) is 0 Å². The molecular formula is C39H74ClN. The van der Waals surface area contributed by atoms with E-state index in [0.29, 0.717) is 0 Å². The van der Waals surface area contributed by atoms with Gasteiger partial charge in [-0.05, 0) is 56.5 Å². The average Bonchev–Trinajstić information content (AvgIpc) is 2.96. The Bertz CT molecular complexity index is 657. The standard InChI is InChI=1S/C39H73N.ClH/c1-5-7-9-11-13-15-17-19-20-22-24-26-28-30-35-40(36-39-33-31-32-37(3)38(39)4)34-29-27-25-23-21-18-16-14-12-10-8-6-2;/h31-33H,5-30,34-36H2,1-4H3;1H. The Balaban J connectivity index is 0.0000160. The van der Waals surface area contributed by atoms with E-state index in [2.05, 4.69) is 50.8 Å². The summed E-state index contributed by atoms with van der Waals surface area (Å²) >= 11 is 0. The lowest BCUT2D eigenvalue weighted by Gasteiger charge is -2.24. The van der Waals surface area contributed by atoms with Crippen molar-refractivity contribution >= 4 is 12.4 Å². The highest BCUT2D eigenvalue weighted by atomic mass is 35.5. The fraction of sp³-hybridized carbons (Fsp3) is 0.846. The summed E-state index contributed by atoms with van der Waals surface area (Å²) in [5.41, 5.74) is 4.49. The molecule has 1 rings (SSSR count). The van der Waals surface area contributed by atoms with Gasteiger partial charge in [-0.25, -0.2) is 0 Å². The van der Waals surface area contributed by atoms with Gasteiger partial charge < -0.3 is 0 Å². The predicted molar refractivity (Wildman–Crippen MR) is 190 cm³/mol. The summed E-state index contributed by atoms with van der Waals surface area (Å²) in [6.45, 7) is 12.9. The zero-order valence-corrected chi connectivity index (χ0v) is 29.4. The second kappa shape index (κ2) is 30.9. The van der Waals surface area contributed by atoms with Gasteiger partial charge in [0.1, 0.15) is 0 Å². The van der Waals surface area contributed by atoms with Crippen LogP contribution in [0.1, 0.15) is 197 Å². The molecule has 1 aromatic rings. The Morgan fingerprint density at radius 3 is 1.10 bits per heavy atom. The van der Waals surface area contributed by atoms with Crippen LogP contribution >= 0.6 is 12.4 Å². The van der Waals surface area contributed by atoms with Crippen molar-refractivity contribution in [3.63, 3.8) is 0 Å². The van der Waals surface area contributed by atoms with Crippen LogP contribution in [0.5, 0.6) is 0 Å². The maximum absolute atomic E-state index is 2.78. The van der Waals surface area contributed by atoms with Crippen molar-refractivity contribution in [2.75, 3.05) is 13.1 Å². The van der Waals surface area contributed by atoms with Crippen molar-refractivity contribution in [2.45, 2.75) is 201 Å². The summed E-state index contributed by atoms with van der Waals surface area (Å²) in [6.07, 6.45) is 37.4. The smallest absolute Gasteiger partial charge is 0.0236 e. The molecule has 0 amide bonds. The summed E-state index contributed by atoms with van der Waals surface area (Å²) in [4.78, 5) is 2.78. The summed E-state index contributed by atoms with van der Waals surface area (Å²) in [6, 6.07) is 6.89. The maximum atomic E-state index is 2.78. The molecule has 0 heterocycles. The van der Waals surface area contributed by atoms with Gasteiger partial charge in [0.15, 0.2) is 0 Å². The number of halogens is 1. The first kappa shape index (κ1) is 40.5. The molecule has 0 unspecified atom stereocenters. The molecule has 0 bridgehead atoms. The van der Waals surface area contributed by atoms with Gasteiger partial charge in [0.25, 0.3) is 0 Å². The second-order valence-corrected chi connectivity index (χ2v) is 13.1. The second-order valence-electron chi connectivity index (χ2n) is 13.1. The van der Waals surface area contributed by atoms with Crippen molar-refractivity contribution in [3.8, 4) is 0 Å². The molecule has 0 saturated carbocycles. The summed E-state index contributed by atoms with van der Waals surface area (Å²) in [7, 11) is 0. The number of unbranched alkanes of at least 4 members (excludes halogenated alkanes) is 24. The monoisotopic (exact) mass is 592 g/mol. The van der Waals surface area contributed by atoms with E-state index in [1.165, 1.54) is 191 Å². The first-order valence-corrected chi connectivity index (χ1v) is 18.5. The zero-order valence-electron chi connectivity index (χ0n) is 28.6. The van der Waals surface area contributed by atoms with Crippen LogP contribution in [0.15, 0.2) is 18.2 Å². The van der Waals surface area contributed by atoms with Gasteiger partial charge in [0.2, 0.25) is 0 Å². The molecule has 242 valence electrons. The molecule has 0 aliphatic carbocycles. The summed E-state index contributed by atoms with van der Waals surface area (Å²) < 4.78 is 0. The molecule has 0 saturated heterocycles. The molecule has 0 atom stereocenters. The molecule has 1 nitrogen and oxygen atoms in total. The number of rotatable bonds is 30. The molecule has 0 aromatic heterocycles. The van der Waals surface area contributed by atoms with E-state index in [4.69, 9.17) is 0 Å². The molecule has 0 aliphatic rings. The minimum atomic E-state index is 0. The van der Waals surface area contributed by atoms with Gasteiger partial charge in [0.05, 0.1) is 0 Å². The van der Waals surface area contributed by atoms with Gasteiger partial charge >= 0.3 is 0 Å². The molecular weight excluding hydrogens is 518 g/mol. The van der Waals surface area contributed by atoms with Crippen LogP contribution in [0.4, 0.5) is 0 Å². The van der Waals surface area contributed by atoms with E-state index < -0.39 is 0 Å². The minimum Gasteiger partial charge on any atom is -0.299 e. The highest BCUT2D eigenvalue weighted by Gasteiger charge is 2.09. The molecule has 2 heteroatoms. The Labute approximate surface area is 265 Å². The van der Waals surface area contributed by atoms with Crippen LogP contribution in [0, 0.1) is 13.8 Å². The Kier molecular flexibility index (Phi) is 30.5. The van der Waals surface area contributed by atoms with Crippen LogP contribution in [-0.4, -0.2) is 18.0 Å². The topological polar surface area (TPSA) is 3.24 Å². The first-order chi connectivity index (χ1) is 19.7. The van der Waals surface area contributed by atoms with E-state index >= 15 is 0 Å². The number of benzene rings is 1. The third-order valence-corrected chi connectivity index (χ3v) is 9.27. The van der Waals surface area contributed by atoms with Crippen LogP contribution in [0.25, 0.3) is 0 Å². The fourth-order valence-corrected chi connectivity index (χ4v) is 6.20. The van der Waals surface area contributed by atoms with Crippen LogP contribution in [-0.2, 0) is 6.54 Å². The Hall–Kier alpha value is -0.530. The highest BCUT2D eigenvalue weighted by Crippen LogP contribution is 2.18. The Morgan fingerprint density at radius 1 is 0.439 bits per heavy atom. The van der Waals surface area contributed by atoms with E-state index in [-0.39, 0.29) is 12.4 Å². The summed E-state index contributed by atoms with van der Waals surface area (Å²) in [5.74, 6) is 0. The molecule has 1 aromatic carbocycles. The quantitative estimate of drug-likeness (QED) is 0.0804. The van der Waals surface area contributed by atoms with Gasteiger partial charge in [-0.1, -0.05) is 186 Å². The molecule has 0 spiro atoms. The number of aryl methyl sites for hydroxylation is 1. The zero-order chi connectivity index (χ0) is 28.9. The highest BCUT2D eigenvalue weighted by molar-refractivity contribution is 5.85. The maximum Gasteiger partial charge on any atom is 0.0236 e. The number of nitrogens with zero attached hydrogens (tertiary/aromatic N) is 1. The van der Waals surface area contributed by atoms with Crippen molar-refractivity contribution in [3.05, 3.63) is 34.9 Å². The van der Waals surface area contributed by atoms with Gasteiger partial charge in [0, 0.05) is 6.54 Å². The van der Waals surface area contributed by atoms with E-state index in [1.54, 1.807) is 5.56 Å². The molecule has 0 fully saturated rings. The normalized spacial score (nSPS) is 11.3. The van der Waals surface area contributed by atoms with Crippen molar-refractivity contribution in [2.24, 2.45) is 0 Å². The number of hydrogen-bond acceptors (Lipinski definition) is 1. The lowest BCUT2D eigenvalue weighted by molar-refractivity contribution is 0.251. The van der Waals surface area contributed by atoms with Gasteiger partial charge in [-0.2, -0.15) is 0 Å². The third-order valence-electron chi connectivity index (χ3n) is 9.27. The van der Waals surface area contributed by atoms with Gasteiger partial charge in [-0.15, -0.1) is 12.4 Å². The van der Waals surface area contributed by atoms with Gasteiger partial charge in [-0.3, -0.25) is 4.90 Å². The van der Waals surface area contributed by atoms with Crippen molar-refractivity contribution in [1.29, 1.82) is 0 Å². The molecule has 0 aliphatic heterocycles. The minimum absolute atomic E-state index is 0.